The number of hydrogen-bond acceptors (Lipinski definition) is 10. The summed E-state index contributed by atoms with van der Waals surface area (Å²) in [5.74, 6) is 2.30. The van der Waals surface area contributed by atoms with E-state index in [0.717, 1.165) is 48.3 Å². The normalized spacial score (nSPS) is 27.9. The molecule has 2 aromatic heterocycles. The van der Waals surface area contributed by atoms with E-state index in [2.05, 4.69) is 71.3 Å². The molecule has 3 saturated carbocycles. The Kier molecular flexibility index (Phi) is 14.0. The summed E-state index contributed by atoms with van der Waals surface area (Å²) in [7, 11) is 0. The third-order valence-corrected chi connectivity index (χ3v) is 14.6. The number of carboxylic acid groups (broad SMARTS) is 2. The number of fused-ring (bicyclic) bond motifs is 6. The van der Waals surface area contributed by atoms with E-state index < -0.39 is 29.4 Å². The number of aliphatic hydroxyl groups is 1. The minimum Gasteiger partial charge on any atom is -0.481 e. The van der Waals surface area contributed by atoms with Gasteiger partial charge in [-0.15, -0.1) is 0 Å². The van der Waals surface area contributed by atoms with Gasteiger partial charge in [0.15, 0.2) is 11.2 Å². The van der Waals surface area contributed by atoms with Crippen molar-refractivity contribution in [2.75, 3.05) is 11.1 Å². The summed E-state index contributed by atoms with van der Waals surface area (Å²) in [6.45, 7) is 12.8. The number of carbonyl (C=O) groups excluding carboxylic acids is 1. The lowest BCUT2D eigenvalue weighted by Crippen LogP contribution is -2.50. The van der Waals surface area contributed by atoms with Crippen molar-refractivity contribution in [2.24, 2.45) is 46.3 Å². The van der Waals surface area contributed by atoms with Gasteiger partial charge in [-0.1, -0.05) is 65.5 Å². The number of benzene rings is 1. The number of aromatic amines is 1. The number of nitrogens with one attached hydrogen (secondary N) is 3. The molecule has 0 radical (unpaired) electrons. The molecule has 3 aromatic rings. The molecule has 14 nitrogen and oxygen atoms in total. The number of nitrogens with two attached hydrogens (primary N) is 1. The number of rotatable bonds is 14. The smallest absolute Gasteiger partial charge is 0.326 e. The standard InChI is InChI=1S/C27H46O.C19H19N7O6/c1-18(2)7-6-8-19(3)23-11-12-24-22-10-9-20-17-21(28)13-15-26(20,4)25(22)14-16-27(23,24)5;20-19-25-15-14(17(30)26-19)23-11(8-22-15)7-21-10-3-1-9(2-4-10)16(29)24-12(18(31)32)5-6-13(27)28/h9,18-19,21-25,28H,6-8,10-17H2,1-5H3;1-4,8,12,21H,5-7H2,(H,24,29)(H,27,28)(H,31,32)(H3,20,22,25,26,30)/t19?,21-,22-,23+,24-,25-,26-,27+;/m0./s1. The second kappa shape index (κ2) is 18.8. The van der Waals surface area contributed by atoms with Crippen LogP contribution in [0.3, 0.4) is 0 Å². The highest BCUT2D eigenvalue weighted by Gasteiger charge is 2.59. The van der Waals surface area contributed by atoms with Gasteiger partial charge in [0.25, 0.3) is 11.5 Å². The Labute approximate surface area is 352 Å². The van der Waals surface area contributed by atoms with Gasteiger partial charge in [-0.2, -0.15) is 4.98 Å². The van der Waals surface area contributed by atoms with Gasteiger partial charge in [-0.25, -0.2) is 14.8 Å². The summed E-state index contributed by atoms with van der Waals surface area (Å²) in [5.41, 5.74) is 9.07. The first-order valence-corrected chi connectivity index (χ1v) is 22.0. The average Bonchev–Trinajstić information content (AvgIpc) is 3.56. The molecule has 2 heterocycles. The summed E-state index contributed by atoms with van der Waals surface area (Å²) in [6, 6.07) is 4.86. The van der Waals surface area contributed by atoms with Gasteiger partial charge in [-0.05, 0) is 128 Å². The molecule has 2 unspecified atom stereocenters. The number of H-pyrrole nitrogens is 1. The number of aromatic nitrogens is 4. The topological polar surface area (TPSA) is 234 Å². The summed E-state index contributed by atoms with van der Waals surface area (Å²) in [5, 5.41) is 33.4. The van der Waals surface area contributed by atoms with Crippen molar-refractivity contribution in [1.82, 2.24) is 25.3 Å². The van der Waals surface area contributed by atoms with Gasteiger partial charge in [0.2, 0.25) is 5.95 Å². The van der Waals surface area contributed by atoms with Crippen LogP contribution >= 0.6 is 0 Å². The quantitative estimate of drug-likeness (QED) is 0.0791. The molecule has 9 atom stereocenters. The molecule has 0 spiro atoms. The maximum atomic E-state index is 12.3. The number of allylic oxidation sites excluding steroid dienone is 1. The first kappa shape index (κ1) is 44.7. The summed E-state index contributed by atoms with van der Waals surface area (Å²) in [4.78, 5) is 60.6. The Bertz CT molecular complexity index is 2100. The molecule has 1 amide bonds. The fraction of sp³-hybridized carbons (Fsp3) is 0.630. The summed E-state index contributed by atoms with van der Waals surface area (Å²) < 4.78 is 0. The molecular weight excluding hydrogens is 763 g/mol. The second-order valence-electron chi connectivity index (χ2n) is 18.9. The lowest BCUT2D eigenvalue weighted by atomic mass is 9.47. The van der Waals surface area contributed by atoms with Crippen molar-refractivity contribution in [3.8, 4) is 0 Å². The zero-order valence-corrected chi connectivity index (χ0v) is 35.9. The first-order valence-electron chi connectivity index (χ1n) is 22.0. The predicted octanol–water partition coefficient (Wildman–Crippen LogP) is 7.34. The van der Waals surface area contributed by atoms with E-state index in [1.165, 1.54) is 76.1 Å². The molecule has 7 rings (SSSR count). The molecule has 326 valence electrons. The van der Waals surface area contributed by atoms with Crippen LogP contribution < -0.4 is 21.9 Å². The monoisotopic (exact) mass is 827 g/mol. The molecule has 4 aliphatic carbocycles. The van der Waals surface area contributed by atoms with E-state index >= 15 is 0 Å². The van der Waals surface area contributed by atoms with Crippen molar-refractivity contribution >= 4 is 40.6 Å². The summed E-state index contributed by atoms with van der Waals surface area (Å²) >= 11 is 0. The Balaban J connectivity index is 0.000000203. The number of amides is 1. The first-order chi connectivity index (χ1) is 28.5. The van der Waals surface area contributed by atoms with Crippen molar-refractivity contribution in [3.63, 3.8) is 0 Å². The lowest BCUT2D eigenvalue weighted by molar-refractivity contribution is -0.140. The highest BCUT2D eigenvalue weighted by Crippen LogP contribution is 2.67. The van der Waals surface area contributed by atoms with Gasteiger partial charge in [0.05, 0.1) is 24.5 Å². The maximum Gasteiger partial charge on any atom is 0.326 e. The number of aliphatic hydroxyl groups excluding tert-OH is 1. The van der Waals surface area contributed by atoms with E-state index in [0.29, 0.717) is 22.2 Å². The van der Waals surface area contributed by atoms with Gasteiger partial charge < -0.3 is 31.7 Å². The number of aliphatic carboxylic acids is 2. The Hall–Kier alpha value is -4.85. The minimum atomic E-state index is -1.31. The maximum absolute atomic E-state index is 12.3. The third-order valence-electron chi connectivity index (χ3n) is 14.6. The second-order valence-corrected chi connectivity index (χ2v) is 18.9. The molecule has 1 aromatic carbocycles. The van der Waals surface area contributed by atoms with Crippen LogP contribution in [0.25, 0.3) is 11.2 Å². The van der Waals surface area contributed by atoms with Crippen molar-refractivity contribution < 1.29 is 29.7 Å². The highest BCUT2D eigenvalue weighted by molar-refractivity contribution is 5.97. The SMILES string of the molecule is CC(C)CCCC(C)[C@H]1CC[C@H]2[C@@H]3CC=C4C[C@@H](O)CC[C@]4(C)[C@H]3CC[C@]12C.Nc1nc2ncc(CNc3ccc(C(=O)NC(CCC(=O)O)C(=O)O)cc3)nc2c(=O)[nH]1. The van der Waals surface area contributed by atoms with Gasteiger partial charge >= 0.3 is 11.9 Å². The highest BCUT2D eigenvalue weighted by atomic mass is 16.4. The Morgan fingerprint density at radius 2 is 1.72 bits per heavy atom. The zero-order valence-electron chi connectivity index (χ0n) is 35.9. The molecule has 14 heteroatoms. The lowest BCUT2D eigenvalue weighted by Gasteiger charge is -2.58. The van der Waals surface area contributed by atoms with Crippen molar-refractivity contribution in [3.05, 3.63) is 63.7 Å². The molecule has 3 fully saturated rings. The Morgan fingerprint density at radius 3 is 2.42 bits per heavy atom. The number of carbonyl (C=O) groups is 3. The van der Waals surface area contributed by atoms with Crippen molar-refractivity contribution in [2.45, 2.75) is 137 Å². The van der Waals surface area contributed by atoms with Crippen LogP contribution in [0.5, 0.6) is 0 Å². The minimum absolute atomic E-state index is 0.0524. The van der Waals surface area contributed by atoms with Crippen LogP contribution in [0, 0.1) is 46.3 Å². The van der Waals surface area contributed by atoms with Crippen LogP contribution in [0.15, 0.2) is 46.9 Å². The third kappa shape index (κ3) is 10.0. The van der Waals surface area contributed by atoms with Crippen LogP contribution in [-0.2, 0) is 16.1 Å². The zero-order chi connectivity index (χ0) is 43.4. The van der Waals surface area contributed by atoms with E-state index in [4.69, 9.17) is 15.9 Å². The number of nitrogens with zero attached hydrogens (tertiary/aromatic N) is 3. The summed E-state index contributed by atoms with van der Waals surface area (Å²) in [6.07, 6.45) is 18.0. The average molecular weight is 828 g/mol. The van der Waals surface area contributed by atoms with E-state index in [1.807, 2.05) is 0 Å². The molecule has 8 N–H and O–H groups in total. The largest absolute Gasteiger partial charge is 0.481 e. The van der Waals surface area contributed by atoms with Gasteiger partial charge in [0, 0.05) is 17.7 Å². The van der Waals surface area contributed by atoms with Gasteiger partial charge in [0.1, 0.15) is 6.04 Å². The number of anilines is 2. The van der Waals surface area contributed by atoms with Crippen LogP contribution in [0.1, 0.15) is 134 Å². The van der Waals surface area contributed by atoms with Crippen LogP contribution in [0.4, 0.5) is 11.6 Å². The fourth-order valence-electron chi connectivity index (χ4n) is 11.4. The van der Waals surface area contributed by atoms with E-state index in [9.17, 15) is 24.3 Å². The van der Waals surface area contributed by atoms with Crippen LogP contribution in [0.2, 0.25) is 0 Å². The van der Waals surface area contributed by atoms with Crippen molar-refractivity contribution in [1.29, 1.82) is 0 Å². The molecule has 4 aliphatic rings. The number of hydrogen-bond donors (Lipinski definition) is 7. The number of nitrogen functional groups attached to an aromatic ring is 1. The van der Waals surface area contributed by atoms with E-state index in [-0.39, 0.29) is 48.2 Å². The molecule has 0 aliphatic heterocycles. The predicted molar refractivity (Wildman–Crippen MR) is 231 cm³/mol. The fourth-order valence-corrected chi connectivity index (χ4v) is 11.4. The van der Waals surface area contributed by atoms with E-state index in [1.54, 1.807) is 17.7 Å². The van der Waals surface area contributed by atoms with Gasteiger partial charge in [-0.3, -0.25) is 19.4 Å². The molecule has 0 saturated heterocycles. The Morgan fingerprint density at radius 1 is 0.967 bits per heavy atom. The van der Waals surface area contributed by atoms with Crippen LogP contribution in [-0.4, -0.2) is 65.2 Å². The molecule has 0 bridgehead atoms. The molecule has 60 heavy (non-hydrogen) atoms. The molecular formula is C46H65N7O7. The number of carboxylic acids is 2.